The highest BCUT2D eigenvalue weighted by Crippen LogP contribution is 2.27. The third kappa shape index (κ3) is 4.51. The second-order valence-electron chi connectivity index (χ2n) is 7.22. The van der Waals surface area contributed by atoms with Gasteiger partial charge in [0.25, 0.3) is 5.91 Å². The first-order chi connectivity index (χ1) is 14.3. The van der Waals surface area contributed by atoms with E-state index in [9.17, 15) is 9.59 Å². The maximum atomic E-state index is 13.2. The third-order valence-corrected chi connectivity index (χ3v) is 5.85. The molecule has 1 aliphatic heterocycles. The highest BCUT2D eigenvalue weighted by atomic mass is 79.9. The van der Waals surface area contributed by atoms with Crippen molar-refractivity contribution in [2.75, 3.05) is 33.2 Å². The largest absolute Gasteiger partial charge is 0.339 e. The average molecular weight is 469 g/mol. The zero-order valence-corrected chi connectivity index (χ0v) is 19.1. The molecule has 0 N–H and O–H groups in total. The van der Waals surface area contributed by atoms with Crippen LogP contribution in [0.2, 0.25) is 0 Å². The predicted octanol–water partition coefficient (Wildman–Crippen LogP) is 3.86. The van der Waals surface area contributed by atoms with E-state index in [0.717, 1.165) is 32.6 Å². The Morgan fingerprint density at radius 1 is 1.00 bits per heavy atom. The zero-order chi connectivity index (χ0) is 21.8. The Bertz CT molecular complexity index is 1020. The molecule has 1 fully saturated rings. The lowest BCUT2D eigenvalue weighted by Crippen LogP contribution is -2.50. The Morgan fingerprint density at radius 3 is 2.27 bits per heavy atom. The summed E-state index contributed by atoms with van der Waals surface area (Å²) in [5, 5.41) is 0. The van der Waals surface area contributed by atoms with Crippen molar-refractivity contribution < 1.29 is 9.59 Å². The van der Waals surface area contributed by atoms with Crippen molar-refractivity contribution in [2.45, 2.75) is 13.8 Å². The molecule has 2 amide bonds. The van der Waals surface area contributed by atoms with Crippen LogP contribution in [-0.4, -0.2) is 67.3 Å². The van der Waals surface area contributed by atoms with Crippen LogP contribution in [0.3, 0.4) is 0 Å². The number of rotatable bonds is 4. The first-order valence-corrected chi connectivity index (χ1v) is 10.5. The first kappa shape index (κ1) is 21.9. The summed E-state index contributed by atoms with van der Waals surface area (Å²) in [4.78, 5) is 37.0. The van der Waals surface area contributed by atoms with Gasteiger partial charge < -0.3 is 9.80 Å². The Hall–Kier alpha value is -2.80. The van der Waals surface area contributed by atoms with Gasteiger partial charge in [0.05, 0.1) is 11.4 Å². The molecule has 3 rings (SSSR count). The predicted molar refractivity (Wildman–Crippen MR) is 124 cm³/mol. The number of nitrogens with zero attached hydrogens (tertiary/aromatic N) is 4. The third-order valence-electron chi connectivity index (χ3n) is 5.36. The molecule has 0 bridgehead atoms. The first-order valence-electron chi connectivity index (χ1n) is 9.75. The van der Waals surface area contributed by atoms with Crippen LogP contribution in [0.15, 0.2) is 50.9 Å². The summed E-state index contributed by atoms with van der Waals surface area (Å²) >= 11 is 3.51. The second-order valence-corrected chi connectivity index (χ2v) is 8.14. The molecule has 0 saturated carbocycles. The van der Waals surface area contributed by atoms with E-state index >= 15 is 0 Å². The van der Waals surface area contributed by atoms with Crippen molar-refractivity contribution in [1.29, 1.82) is 0 Å². The van der Waals surface area contributed by atoms with E-state index in [4.69, 9.17) is 0 Å². The van der Waals surface area contributed by atoms with Crippen LogP contribution >= 0.6 is 15.9 Å². The smallest absolute Gasteiger partial charge is 0.254 e. The van der Waals surface area contributed by atoms with Crippen LogP contribution in [-0.2, 0) is 4.79 Å². The van der Waals surface area contributed by atoms with E-state index in [1.54, 1.807) is 18.9 Å². The van der Waals surface area contributed by atoms with E-state index in [1.165, 1.54) is 0 Å². The average Bonchev–Trinajstić information content (AvgIpc) is 2.75. The topological polar surface area (TPSA) is 65.3 Å². The molecule has 156 valence electrons. The number of hydrogen-bond acceptors (Lipinski definition) is 4. The van der Waals surface area contributed by atoms with Crippen LogP contribution in [0.4, 0.5) is 5.69 Å². The number of halogens is 1. The number of aryl methyl sites for hydroxylation is 1. The van der Waals surface area contributed by atoms with Crippen molar-refractivity contribution in [1.82, 2.24) is 9.80 Å². The van der Waals surface area contributed by atoms with Crippen LogP contribution in [0.1, 0.15) is 34.0 Å². The lowest BCUT2D eigenvalue weighted by Gasteiger charge is -2.34. The Morgan fingerprint density at radius 2 is 1.67 bits per heavy atom. The van der Waals surface area contributed by atoms with Crippen molar-refractivity contribution in [3.63, 3.8) is 0 Å². The van der Waals surface area contributed by atoms with Gasteiger partial charge in [0.15, 0.2) is 0 Å². The molecule has 2 aromatic carbocycles. The molecule has 0 unspecified atom stereocenters. The Labute approximate surface area is 185 Å². The van der Waals surface area contributed by atoms with Crippen LogP contribution in [0.5, 0.6) is 0 Å². The fourth-order valence-corrected chi connectivity index (χ4v) is 4.00. The molecule has 1 heterocycles. The second kappa shape index (κ2) is 9.34. The molecule has 30 heavy (non-hydrogen) atoms. The molecule has 0 aromatic heterocycles. The molecule has 0 radical (unpaired) electrons. The van der Waals surface area contributed by atoms with Crippen molar-refractivity contribution >= 4 is 45.9 Å². The number of aliphatic imine (C=N–C) groups is 2. The van der Waals surface area contributed by atoms with Gasteiger partial charge >= 0.3 is 0 Å². The van der Waals surface area contributed by atoms with Crippen LogP contribution in [0, 0.1) is 6.92 Å². The van der Waals surface area contributed by atoms with Crippen LogP contribution in [0.25, 0.3) is 0 Å². The fourth-order valence-electron chi connectivity index (χ4n) is 3.64. The molecule has 2 aromatic rings. The SMILES string of the molecule is C=Nc1ccc(Br)cc1C(=NC)c1ccc(C)c(C(=O)N2CCN(C(C)=O)CC2)c1. The normalized spacial score (nSPS) is 14.6. The molecule has 6 nitrogen and oxygen atoms in total. The highest BCUT2D eigenvalue weighted by Gasteiger charge is 2.25. The molecule has 0 spiro atoms. The minimum absolute atomic E-state index is 0.0238. The summed E-state index contributed by atoms with van der Waals surface area (Å²) in [5.41, 5.74) is 4.72. The fraction of sp³-hybridized carbons (Fsp3) is 0.304. The van der Waals surface area contributed by atoms with Crippen molar-refractivity contribution in [3.05, 3.63) is 63.1 Å². The summed E-state index contributed by atoms with van der Waals surface area (Å²) in [7, 11) is 1.73. The lowest BCUT2D eigenvalue weighted by atomic mass is 9.96. The maximum Gasteiger partial charge on any atom is 0.254 e. The van der Waals surface area contributed by atoms with Gasteiger partial charge in [-0.05, 0) is 43.5 Å². The Kier molecular flexibility index (Phi) is 6.82. The van der Waals surface area contributed by atoms with E-state index in [0.29, 0.717) is 31.7 Å². The summed E-state index contributed by atoms with van der Waals surface area (Å²) in [5.74, 6) is 0.0223. The molecule has 0 aliphatic carbocycles. The minimum Gasteiger partial charge on any atom is -0.339 e. The number of piperazine rings is 1. The van der Waals surface area contributed by atoms with Gasteiger partial charge in [-0.15, -0.1) is 0 Å². The highest BCUT2D eigenvalue weighted by molar-refractivity contribution is 9.10. The minimum atomic E-state index is -0.0238. The van der Waals surface area contributed by atoms with E-state index in [2.05, 4.69) is 32.6 Å². The summed E-state index contributed by atoms with van der Waals surface area (Å²) in [6.45, 7) is 9.35. The van der Waals surface area contributed by atoms with Crippen molar-refractivity contribution in [2.24, 2.45) is 9.98 Å². The maximum absolute atomic E-state index is 13.2. The molecule has 7 heteroatoms. The molecule has 1 saturated heterocycles. The standard InChI is InChI=1S/C23H25BrN4O2/c1-15-5-6-17(22(26-4)20-14-18(24)7-8-21(20)25-3)13-19(15)23(30)28-11-9-27(10-12-28)16(2)29/h5-8,13-14H,3,9-12H2,1-2,4H3. The van der Waals surface area contributed by atoms with Gasteiger partial charge in [0.1, 0.15) is 0 Å². The van der Waals surface area contributed by atoms with E-state index in [-0.39, 0.29) is 11.8 Å². The van der Waals surface area contributed by atoms with Gasteiger partial charge in [0.2, 0.25) is 5.91 Å². The van der Waals surface area contributed by atoms with E-state index in [1.807, 2.05) is 48.2 Å². The zero-order valence-electron chi connectivity index (χ0n) is 17.5. The summed E-state index contributed by atoms with van der Waals surface area (Å²) < 4.78 is 0.915. The van der Waals surface area contributed by atoms with Gasteiger partial charge in [-0.2, -0.15) is 0 Å². The Balaban J connectivity index is 1.93. The number of carbonyl (C=O) groups is 2. The van der Waals surface area contributed by atoms with E-state index < -0.39 is 0 Å². The summed E-state index contributed by atoms with van der Waals surface area (Å²) in [6.07, 6.45) is 0. The van der Waals surface area contributed by atoms with Crippen molar-refractivity contribution in [3.8, 4) is 0 Å². The number of benzene rings is 2. The number of amides is 2. The molecular weight excluding hydrogens is 444 g/mol. The summed E-state index contributed by atoms with van der Waals surface area (Å²) in [6, 6.07) is 11.5. The van der Waals surface area contributed by atoms with Gasteiger partial charge in [0, 0.05) is 61.3 Å². The molecular formula is C23H25BrN4O2. The number of hydrogen-bond donors (Lipinski definition) is 0. The van der Waals surface area contributed by atoms with Gasteiger partial charge in [-0.3, -0.25) is 19.6 Å². The van der Waals surface area contributed by atoms with Gasteiger partial charge in [-0.25, -0.2) is 0 Å². The lowest BCUT2D eigenvalue weighted by molar-refractivity contribution is -0.130. The monoisotopic (exact) mass is 468 g/mol. The molecule has 0 atom stereocenters. The quantitative estimate of drug-likeness (QED) is 0.639. The number of carbonyl (C=O) groups excluding carboxylic acids is 2. The molecule has 1 aliphatic rings. The van der Waals surface area contributed by atoms with Crippen LogP contribution < -0.4 is 0 Å². The van der Waals surface area contributed by atoms with Gasteiger partial charge in [-0.1, -0.05) is 28.1 Å².